The second-order valence-corrected chi connectivity index (χ2v) is 10.6. The van der Waals surface area contributed by atoms with Gasteiger partial charge in [-0.2, -0.15) is 0 Å². The molecule has 0 aromatic heterocycles. The molecule has 2 amide bonds. The van der Waals surface area contributed by atoms with E-state index < -0.39 is 11.9 Å². The van der Waals surface area contributed by atoms with E-state index in [2.05, 4.69) is 12.2 Å². The van der Waals surface area contributed by atoms with Crippen molar-refractivity contribution in [1.82, 2.24) is 0 Å². The number of rotatable bonds is 10. The van der Waals surface area contributed by atoms with Gasteiger partial charge in [0.05, 0.1) is 17.4 Å². The summed E-state index contributed by atoms with van der Waals surface area (Å²) >= 11 is 1.26. The number of amides is 2. The Kier molecular flexibility index (Phi) is 8.69. The summed E-state index contributed by atoms with van der Waals surface area (Å²) in [5, 5.41) is 3.14. The Hall–Kier alpha value is -3.84. The van der Waals surface area contributed by atoms with Crippen molar-refractivity contribution in [1.29, 1.82) is 0 Å². The zero-order valence-electron chi connectivity index (χ0n) is 22.1. The molecule has 0 saturated heterocycles. The minimum absolute atomic E-state index is 0.202. The van der Waals surface area contributed by atoms with Crippen molar-refractivity contribution in [3.05, 3.63) is 100 Å². The zero-order chi connectivity index (χ0) is 27.2. The number of imide groups is 1. The maximum absolute atomic E-state index is 13.6. The predicted molar refractivity (Wildman–Crippen MR) is 152 cm³/mol. The smallest absolute Gasteiger partial charge is 0.338 e. The highest BCUT2D eigenvalue weighted by molar-refractivity contribution is 8.04. The Morgan fingerprint density at radius 1 is 0.921 bits per heavy atom. The fourth-order valence-electron chi connectivity index (χ4n) is 3.98. The number of benzene rings is 3. The Labute approximate surface area is 228 Å². The first-order valence-corrected chi connectivity index (χ1v) is 13.6. The molecule has 3 aromatic carbocycles. The average Bonchev–Trinajstić information content (AvgIpc) is 3.13. The summed E-state index contributed by atoms with van der Waals surface area (Å²) in [6, 6.07) is 22.1. The minimum Gasteiger partial charge on any atom is -0.459 e. The largest absolute Gasteiger partial charge is 0.459 e. The van der Waals surface area contributed by atoms with Crippen LogP contribution in [0.1, 0.15) is 55.1 Å². The fraction of sp³-hybridized carbons (Fsp3) is 0.258. The Morgan fingerprint density at radius 3 is 2.18 bits per heavy atom. The highest BCUT2D eigenvalue weighted by atomic mass is 32.2. The van der Waals surface area contributed by atoms with E-state index >= 15 is 0 Å². The predicted octanol–water partition coefficient (Wildman–Crippen LogP) is 6.89. The van der Waals surface area contributed by atoms with Gasteiger partial charge in [-0.1, -0.05) is 54.9 Å². The van der Waals surface area contributed by atoms with Gasteiger partial charge in [-0.15, -0.1) is 0 Å². The van der Waals surface area contributed by atoms with Gasteiger partial charge in [-0.3, -0.25) is 9.59 Å². The molecule has 1 heterocycles. The summed E-state index contributed by atoms with van der Waals surface area (Å²) in [5.74, 6) is -1.21. The van der Waals surface area contributed by atoms with E-state index in [9.17, 15) is 14.4 Å². The van der Waals surface area contributed by atoms with E-state index in [0.29, 0.717) is 21.8 Å². The molecule has 0 atom stereocenters. The van der Waals surface area contributed by atoms with E-state index in [1.54, 1.807) is 38.1 Å². The van der Waals surface area contributed by atoms with Crippen molar-refractivity contribution in [3.63, 3.8) is 0 Å². The Balaban J connectivity index is 1.63. The van der Waals surface area contributed by atoms with Crippen LogP contribution in [0.3, 0.4) is 0 Å². The van der Waals surface area contributed by atoms with Crippen molar-refractivity contribution in [2.45, 2.75) is 58.0 Å². The van der Waals surface area contributed by atoms with Crippen LogP contribution in [0.25, 0.3) is 0 Å². The summed E-state index contributed by atoms with van der Waals surface area (Å²) in [5.41, 5.74) is 4.01. The number of carbonyl (C=O) groups excluding carboxylic acids is 3. The molecular formula is C31H32N2O4S. The molecule has 196 valence electrons. The van der Waals surface area contributed by atoms with Crippen LogP contribution in [0.2, 0.25) is 0 Å². The second-order valence-electron chi connectivity index (χ2n) is 9.49. The second kappa shape index (κ2) is 12.1. The molecule has 0 saturated carbocycles. The number of thioether (sulfide) groups is 1. The fourth-order valence-corrected chi connectivity index (χ4v) is 4.91. The summed E-state index contributed by atoms with van der Waals surface area (Å²) < 4.78 is 5.25. The van der Waals surface area contributed by atoms with Crippen LogP contribution in [-0.4, -0.2) is 23.9 Å². The van der Waals surface area contributed by atoms with Crippen molar-refractivity contribution < 1.29 is 19.1 Å². The standard InChI is InChI=1S/C31H32N2O4S/c1-5-6-7-22-10-16-25(17-11-22)33-29(34)27(28(30(33)35)38-26-18-8-21(4)9-19-26)32-24-14-12-23(13-15-24)31(36)37-20(2)3/h8-20,32H,5-7H2,1-4H3. The third-order valence-corrected chi connectivity index (χ3v) is 7.12. The molecule has 6 nitrogen and oxygen atoms in total. The highest BCUT2D eigenvalue weighted by Crippen LogP contribution is 2.38. The summed E-state index contributed by atoms with van der Waals surface area (Å²) in [7, 11) is 0. The van der Waals surface area contributed by atoms with Crippen molar-refractivity contribution >= 4 is 40.9 Å². The lowest BCUT2D eigenvalue weighted by Gasteiger charge is -2.16. The van der Waals surface area contributed by atoms with Gasteiger partial charge >= 0.3 is 5.97 Å². The zero-order valence-corrected chi connectivity index (χ0v) is 22.9. The van der Waals surface area contributed by atoms with Crippen LogP contribution in [0.15, 0.2) is 88.3 Å². The van der Waals surface area contributed by atoms with E-state index in [0.717, 1.165) is 29.7 Å². The van der Waals surface area contributed by atoms with Gasteiger partial charge in [0.2, 0.25) is 0 Å². The molecule has 0 spiro atoms. The van der Waals surface area contributed by atoms with E-state index in [1.807, 2.05) is 55.5 Å². The maximum Gasteiger partial charge on any atom is 0.338 e. The van der Waals surface area contributed by atoms with Crippen molar-refractivity contribution in [2.24, 2.45) is 0 Å². The molecular weight excluding hydrogens is 496 g/mol. The van der Waals surface area contributed by atoms with Crippen LogP contribution in [0.5, 0.6) is 0 Å². The molecule has 0 fully saturated rings. The van der Waals surface area contributed by atoms with Gasteiger partial charge in [0.25, 0.3) is 11.8 Å². The van der Waals surface area contributed by atoms with Gasteiger partial charge in [0, 0.05) is 10.6 Å². The van der Waals surface area contributed by atoms with Crippen LogP contribution in [0, 0.1) is 6.92 Å². The topological polar surface area (TPSA) is 75.7 Å². The highest BCUT2D eigenvalue weighted by Gasteiger charge is 2.40. The lowest BCUT2D eigenvalue weighted by molar-refractivity contribution is -0.120. The molecule has 7 heteroatoms. The molecule has 0 unspecified atom stereocenters. The van der Waals surface area contributed by atoms with Crippen LogP contribution in [-0.2, 0) is 20.7 Å². The SMILES string of the molecule is CCCCc1ccc(N2C(=O)C(Nc3ccc(C(=O)OC(C)C)cc3)=C(Sc3ccc(C)cc3)C2=O)cc1. The van der Waals surface area contributed by atoms with E-state index in [4.69, 9.17) is 4.74 Å². The number of hydrogen-bond donors (Lipinski definition) is 1. The number of aryl methyl sites for hydroxylation is 2. The molecule has 4 rings (SSSR count). The number of carbonyl (C=O) groups is 3. The molecule has 0 bridgehead atoms. The number of esters is 1. The van der Waals surface area contributed by atoms with Gasteiger partial charge < -0.3 is 10.1 Å². The molecule has 0 aliphatic carbocycles. The minimum atomic E-state index is -0.422. The molecule has 3 aromatic rings. The molecule has 0 radical (unpaired) electrons. The lowest BCUT2D eigenvalue weighted by atomic mass is 10.1. The van der Waals surface area contributed by atoms with E-state index in [-0.39, 0.29) is 17.7 Å². The molecule has 1 aliphatic heterocycles. The summed E-state index contributed by atoms with van der Waals surface area (Å²) in [4.78, 5) is 41.8. The van der Waals surface area contributed by atoms with Gasteiger partial charge in [0.1, 0.15) is 10.6 Å². The summed E-state index contributed by atoms with van der Waals surface area (Å²) in [6.07, 6.45) is 2.92. The number of ether oxygens (including phenoxy) is 1. The molecule has 1 aliphatic rings. The first-order chi connectivity index (χ1) is 18.3. The third-order valence-electron chi connectivity index (χ3n) is 6.03. The maximum atomic E-state index is 13.6. The number of nitrogens with one attached hydrogen (secondary N) is 1. The van der Waals surface area contributed by atoms with Crippen molar-refractivity contribution in [2.75, 3.05) is 10.2 Å². The van der Waals surface area contributed by atoms with Crippen LogP contribution in [0.4, 0.5) is 11.4 Å². The number of anilines is 2. The Bertz CT molecular complexity index is 1340. The summed E-state index contributed by atoms with van der Waals surface area (Å²) in [6.45, 7) is 7.73. The number of unbranched alkanes of at least 4 members (excludes halogenated alkanes) is 1. The molecule has 38 heavy (non-hydrogen) atoms. The van der Waals surface area contributed by atoms with Crippen LogP contribution < -0.4 is 10.2 Å². The van der Waals surface area contributed by atoms with Gasteiger partial charge in [0.15, 0.2) is 0 Å². The number of hydrogen-bond acceptors (Lipinski definition) is 6. The normalized spacial score (nSPS) is 13.4. The third kappa shape index (κ3) is 6.34. The van der Waals surface area contributed by atoms with Crippen LogP contribution >= 0.6 is 11.8 Å². The average molecular weight is 529 g/mol. The first kappa shape index (κ1) is 27.2. The lowest BCUT2D eigenvalue weighted by Crippen LogP contribution is -2.32. The Morgan fingerprint density at radius 2 is 1.58 bits per heavy atom. The molecule has 1 N–H and O–H groups in total. The van der Waals surface area contributed by atoms with Gasteiger partial charge in [-0.25, -0.2) is 9.69 Å². The van der Waals surface area contributed by atoms with Gasteiger partial charge in [-0.05, 0) is 87.7 Å². The van der Waals surface area contributed by atoms with E-state index in [1.165, 1.54) is 22.2 Å². The van der Waals surface area contributed by atoms with Crippen molar-refractivity contribution in [3.8, 4) is 0 Å². The number of nitrogens with zero attached hydrogens (tertiary/aromatic N) is 1. The monoisotopic (exact) mass is 528 g/mol. The first-order valence-electron chi connectivity index (χ1n) is 12.8. The quantitative estimate of drug-likeness (QED) is 0.228.